The van der Waals surface area contributed by atoms with Crippen molar-refractivity contribution in [1.29, 1.82) is 0 Å². The van der Waals surface area contributed by atoms with Gasteiger partial charge < -0.3 is 9.42 Å². The number of benzene rings is 1. The zero-order valence-corrected chi connectivity index (χ0v) is 15.6. The molecule has 138 valence electrons. The van der Waals surface area contributed by atoms with E-state index in [1.807, 2.05) is 12.1 Å². The molecule has 1 aromatic carbocycles. The summed E-state index contributed by atoms with van der Waals surface area (Å²) < 4.78 is 5.33. The van der Waals surface area contributed by atoms with Gasteiger partial charge in [0.25, 0.3) is 0 Å². The van der Waals surface area contributed by atoms with Gasteiger partial charge in [0, 0.05) is 23.6 Å². The molecule has 5 nitrogen and oxygen atoms in total. The molecular weight excluding hydrogens is 350 g/mol. The van der Waals surface area contributed by atoms with Crippen molar-refractivity contribution < 1.29 is 9.32 Å². The minimum atomic E-state index is 0.114. The standard InChI is InChI=1S/C20H24ClN3O2/c1-2-13-24(19(25)12-7-15-5-3-4-6-15)14-18-22-20(23-26-18)16-8-10-17(21)11-9-16/h2,8-11,15H,1,3-7,12-14H2. The highest BCUT2D eigenvalue weighted by Crippen LogP contribution is 2.28. The normalized spacial score (nSPS) is 14.5. The second-order valence-corrected chi connectivity index (χ2v) is 7.21. The Labute approximate surface area is 159 Å². The fraction of sp³-hybridized carbons (Fsp3) is 0.450. The van der Waals surface area contributed by atoms with Crippen LogP contribution in [-0.4, -0.2) is 27.5 Å². The van der Waals surface area contributed by atoms with Gasteiger partial charge in [0.1, 0.15) is 6.54 Å². The average Bonchev–Trinajstić information content (AvgIpc) is 3.32. The molecule has 3 rings (SSSR count). The number of hydrogen-bond donors (Lipinski definition) is 0. The molecule has 1 aliphatic rings. The maximum Gasteiger partial charge on any atom is 0.246 e. The van der Waals surface area contributed by atoms with E-state index in [0.29, 0.717) is 42.2 Å². The number of aromatic nitrogens is 2. The summed E-state index contributed by atoms with van der Waals surface area (Å²) in [7, 11) is 0. The third-order valence-electron chi connectivity index (χ3n) is 4.84. The van der Waals surface area contributed by atoms with Gasteiger partial charge in [-0.2, -0.15) is 4.98 Å². The van der Waals surface area contributed by atoms with E-state index >= 15 is 0 Å². The number of nitrogens with zero attached hydrogens (tertiary/aromatic N) is 3. The Morgan fingerprint density at radius 2 is 2.04 bits per heavy atom. The molecule has 1 saturated carbocycles. The van der Waals surface area contributed by atoms with Gasteiger partial charge >= 0.3 is 0 Å². The van der Waals surface area contributed by atoms with Crippen molar-refractivity contribution in [1.82, 2.24) is 15.0 Å². The first-order chi connectivity index (χ1) is 12.7. The molecule has 1 aliphatic carbocycles. The largest absolute Gasteiger partial charge is 0.337 e. The molecule has 0 N–H and O–H groups in total. The summed E-state index contributed by atoms with van der Waals surface area (Å²) in [6, 6.07) is 7.24. The second kappa shape index (κ2) is 8.99. The summed E-state index contributed by atoms with van der Waals surface area (Å²) in [4.78, 5) is 18.7. The number of carbonyl (C=O) groups is 1. The zero-order valence-electron chi connectivity index (χ0n) is 14.9. The monoisotopic (exact) mass is 373 g/mol. The van der Waals surface area contributed by atoms with Crippen molar-refractivity contribution in [2.24, 2.45) is 5.92 Å². The molecular formula is C20H24ClN3O2. The van der Waals surface area contributed by atoms with Crippen LogP contribution in [0.4, 0.5) is 0 Å². The van der Waals surface area contributed by atoms with E-state index < -0.39 is 0 Å². The summed E-state index contributed by atoms with van der Waals surface area (Å²) in [6.45, 7) is 4.53. The molecule has 1 fully saturated rings. The van der Waals surface area contributed by atoms with Crippen LogP contribution < -0.4 is 0 Å². The van der Waals surface area contributed by atoms with Crippen LogP contribution in [0.2, 0.25) is 5.02 Å². The highest BCUT2D eigenvalue weighted by atomic mass is 35.5. The van der Waals surface area contributed by atoms with Gasteiger partial charge in [-0.25, -0.2) is 0 Å². The van der Waals surface area contributed by atoms with Gasteiger partial charge in [0.15, 0.2) is 0 Å². The van der Waals surface area contributed by atoms with Crippen molar-refractivity contribution in [2.45, 2.75) is 45.1 Å². The lowest BCUT2D eigenvalue weighted by molar-refractivity contribution is -0.131. The van der Waals surface area contributed by atoms with Gasteiger partial charge in [0.05, 0.1) is 0 Å². The third-order valence-corrected chi connectivity index (χ3v) is 5.09. The van der Waals surface area contributed by atoms with Crippen LogP contribution in [-0.2, 0) is 11.3 Å². The average molecular weight is 374 g/mol. The van der Waals surface area contributed by atoms with Crippen LogP contribution >= 0.6 is 11.6 Å². The highest BCUT2D eigenvalue weighted by molar-refractivity contribution is 6.30. The molecule has 1 aromatic heterocycles. The fourth-order valence-electron chi connectivity index (χ4n) is 3.39. The van der Waals surface area contributed by atoms with Gasteiger partial charge in [-0.15, -0.1) is 6.58 Å². The highest BCUT2D eigenvalue weighted by Gasteiger charge is 2.20. The van der Waals surface area contributed by atoms with Crippen molar-refractivity contribution in [2.75, 3.05) is 6.54 Å². The maximum absolute atomic E-state index is 12.6. The first-order valence-electron chi connectivity index (χ1n) is 9.13. The summed E-state index contributed by atoms with van der Waals surface area (Å²) in [5, 5.41) is 4.66. The van der Waals surface area contributed by atoms with Gasteiger partial charge in [-0.3, -0.25) is 4.79 Å². The lowest BCUT2D eigenvalue weighted by Gasteiger charge is -2.20. The van der Waals surface area contributed by atoms with E-state index in [9.17, 15) is 4.79 Å². The Kier molecular flexibility index (Phi) is 6.45. The number of halogens is 1. The van der Waals surface area contributed by atoms with Crippen LogP contribution in [0.5, 0.6) is 0 Å². The molecule has 26 heavy (non-hydrogen) atoms. The molecule has 0 spiro atoms. The van der Waals surface area contributed by atoms with E-state index in [0.717, 1.165) is 12.0 Å². The lowest BCUT2D eigenvalue weighted by Crippen LogP contribution is -2.31. The maximum atomic E-state index is 12.6. The summed E-state index contributed by atoms with van der Waals surface area (Å²) in [5.41, 5.74) is 0.826. The molecule has 1 heterocycles. The lowest BCUT2D eigenvalue weighted by atomic mass is 10.0. The van der Waals surface area contributed by atoms with E-state index in [2.05, 4.69) is 16.7 Å². The smallest absolute Gasteiger partial charge is 0.246 e. The Hall–Kier alpha value is -2.14. The van der Waals surface area contributed by atoms with E-state index in [1.165, 1.54) is 25.7 Å². The second-order valence-electron chi connectivity index (χ2n) is 6.77. The van der Waals surface area contributed by atoms with Crippen LogP contribution in [0.1, 0.15) is 44.4 Å². The van der Waals surface area contributed by atoms with Crippen molar-refractivity contribution in [3.63, 3.8) is 0 Å². The molecule has 0 atom stereocenters. The first kappa shape index (κ1) is 18.6. The van der Waals surface area contributed by atoms with Crippen molar-refractivity contribution in [3.8, 4) is 11.4 Å². The summed E-state index contributed by atoms with van der Waals surface area (Å²) >= 11 is 5.90. The minimum Gasteiger partial charge on any atom is -0.337 e. The van der Waals surface area contributed by atoms with E-state index in [-0.39, 0.29) is 5.91 Å². The number of amides is 1. The molecule has 0 radical (unpaired) electrons. The molecule has 6 heteroatoms. The van der Waals surface area contributed by atoms with Crippen LogP contribution in [0.25, 0.3) is 11.4 Å². The summed E-state index contributed by atoms with van der Waals surface area (Å²) in [6.07, 6.45) is 8.36. The zero-order chi connectivity index (χ0) is 18.4. The minimum absolute atomic E-state index is 0.114. The topological polar surface area (TPSA) is 59.2 Å². The van der Waals surface area contributed by atoms with Gasteiger partial charge in [0.2, 0.25) is 17.6 Å². The molecule has 0 unspecified atom stereocenters. The van der Waals surface area contributed by atoms with Crippen molar-refractivity contribution in [3.05, 3.63) is 47.8 Å². The number of rotatable bonds is 8. The van der Waals surface area contributed by atoms with E-state index in [4.69, 9.17) is 16.1 Å². The molecule has 0 aliphatic heterocycles. The Balaban J connectivity index is 1.61. The predicted octanol–water partition coefficient (Wildman–Crippen LogP) is 4.88. The molecule has 0 bridgehead atoms. The third kappa shape index (κ3) is 4.94. The first-order valence-corrected chi connectivity index (χ1v) is 9.50. The number of hydrogen-bond acceptors (Lipinski definition) is 4. The molecule has 1 amide bonds. The van der Waals surface area contributed by atoms with Gasteiger partial charge in [-0.1, -0.05) is 48.5 Å². The molecule has 2 aromatic rings. The Morgan fingerprint density at radius 1 is 1.31 bits per heavy atom. The van der Waals surface area contributed by atoms with Crippen molar-refractivity contribution >= 4 is 17.5 Å². The SMILES string of the molecule is C=CCN(Cc1nc(-c2ccc(Cl)cc2)no1)C(=O)CCC1CCCC1. The summed E-state index contributed by atoms with van der Waals surface area (Å²) in [5.74, 6) is 1.73. The Morgan fingerprint density at radius 3 is 2.73 bits per heavy atom. The fourth-order valence-corrected chi connectivity index (χ4v) is 3.52. The van der Waals surface area contributed by atoms with Crippen LogP contribution in [0, 0.1) is 5.92 Å². The quantitative estimate of drug-likeness (QED) is 0.619. The van der Waals surface area contributed by atoms with E-state index in [1.54, 1.807) is 23.1 Å². The van der Waals surface area contributed by atoms with Gasteiger partial charge in [-0.05, 0) is 36.6 Å². The number of carbonyl (C=O) groups excluding carboxylic acids is 1. The molecule has 0 saturated heterocycles. The predicted molar refractivity (Wildman–Crippen MR) is 102 cm³/mol. The van der Waals surface area contributed by atoms with Crippen LogP contribution in [0.15, 0.2) is 41.4 Å². The Bertz CT molecular complexity index is 736. The van der Waals surface area contributed by atoms with Crippen LogP contribution in [0.3, 0.4) is 0 Å².